The van der Waals surface area contributed by atoms with E-state index in [0.29, 0.717) is 0 Å². The molecule has 0 saturated heterocycles. The molecule has 1 aromatic carbocycles. The largest absolute Gasteiger partial charge is 0.380 e. The lowest BCUT2D eigenvalue weighted by molar-refractivity contribution is 0.0990. The van der Waals surface area contributed by atoms with Crippen LogP contribution in [-0.4, -0.2) is 41.2 Å². The molecule has 2 heterocycles. The lowest BCUT2D eigenvalue weighted by Gasteiger charge is -2.25. The average Bonchev–Trinajstić information content (AvgIpc) is 2.95. The zero-order valence-corrected chi connectivity index (χ0v) is 12.9. The molecule has 118 valence electrons. The molecule has 2 aromatic rings. The molecule has 4 nitrogen and oxygen atoms in total. The number of halogens is 1. The third-order valence-corrected chi connectivity index (χ3v) is 3.91. The number of rotatable bonds is 6. The standard InChI is InChI=1S/C17H22FN3O/c1-2-9-22-10-8-21-7-6-15-16(12-21)20-17(19-15)13-4-3-5-14(18)11-13/h3-5,11H,2,6-10,12H2,1H3,(H,19,20). The number of H-pyrrole nitrogens is 1. The van der Waals surface area contributed by atoms with Crippen LogP contribution in [0.5, 0.6) is 0 Å². The lowest BCUT2D eigenvalue weighted by atomic mass is 10.1. The number of benzene rings is 1. The van der Waals surface area contributed by atoms with Gasteiger partial charge in [0.15, 0.2) is 0 Å². The Labute approximate surface area is 130 Å². The van der Waals surface area contributed by atoms with Crippen molar-refractivity contribution in [3.8, 4) is 11.4 Å². The molecule has 5 heteroatoms. The van der Waals surface area contributed by atoms with Gasteiger partial charge in [-0.25, -0.2) is 9.37 Å². The van der Waals surface area contributed by atoms with Crippen LogP contribution in [0.4, 0.5) is 4.39 Å². The maximum atomic E-state index is 13.3. The first kappa shape index (κ1) is 15.2. The summed E-state index contributed by atoms with van der Waals surface area (Å²) in [7, 11) is 0. The maximum absolute atomic E-state index is 13.3. The van der Waals surface area contributed by atoms with Crippen LogP contribution in [0.3, 0.4) is 0 Å². The van der Waals surface area contributed by atoms with Gasteiger partial charge in [0.25, 0.3) is 0 Å². The second kappa shape index (κ2) is 7.03. The molecule has 0 saturated carbocycles. The van der Waals surface area contributed by atoms with Gasteiger partial charge in [0.05, 0.1) is 18.0 Å². The van der Waals surface area contributed by atoms with Crippen LogP contribution < -0.4 is 0 Å². The molecule has 0 spiro atoms. The van der Waals surface area contributed by atoms with Crippen molar-refractivity contribution in [2.45, 2.75) is 26.3 Å². The maximum Gasteiger partial charge on any atom is 0.137 e. The van der Waals surface area contributed by atoms with Crippen molar-refractivity contribution in [1.82, 2.24) is 14.9 Å². The molecule has 0 fully saturated rings. The molecule has 1 aliphatic heterocycles. The molecule has 1 aromatic heterocycles. The Morgan fingerprint density at radius 2 is 2.27 bits per heavy atom. The molecular formula is C17H22FN3O. The predicted molar refractivity (Wildman–Crippen MR) is 84.1 cm³/mol. The van der Waals surface area contributed by atoms with Crippen LogP contribution in [0.15, 0.2) is 24.3 Å². The predicted octanol–water partition coefficient (Wildman–Crippen LogP) is 3.00. The number of nitrogens with one attached hydrogen (secondary N) is 1. The van der Waals surface area contributed by atoms with Crippen molar-refractivity contribution in [2.24, 2.45) is 0 Å². The highest BCUT2D eigenvalue weighted by Crippen LogP contribution is 2.23. The van der Waals surface area contributed by atoms with E-state index >= 15 is 0 Å². The first-order chi connectivity index (χ1) is 10.8. The summed E-state index contributed by atoms with van der Waals surface area (Å²) in [5.74, 6) is 0.523. The molecule has 22 heavy (non-hydrogen) atoms. The number of fused-ring (bicyclic) bond motifs is 1. The third-order valence-electron chi connectivity index (χ3n) is 3.91. The van der Waals surface area contributed by atoms with Crippen LogP contribution in [0.25, 0.3) is 11.4 Å². The van der Waals surface area contributed by atoms with E-state index in [1.807, 2.05) is 6.07 Å². The number of aromatic nitrogens is 2. The minimum Gasteiger partial charge on any atom is -0.380 e. The van der Waals surface area contributed by atoms with Crippen LogP contribution in [0.2, 0.25) is 0 Å². The highest BCUT2D eigenvalue weighted by atomic mass is 19.1. The third kappa shape index (κ3) is 3.54. The van der Waals surface area contributed by atoms with Gasteiger partial charge in [-0.2, -0.15) is 0 Å². The molecule has 0 amide bonds. The number of hydrogen-bond acceptors (Lipinski definition) is 3. The van der Waals surface area contributed by atoms with Gasteiger partial charge in [0, 0.05) is 38.2 Å². The number of nitrogens with zero attached hydrogens (tertiary/aromatic N) is 2. The summed E-state index contributed by atoms with van der Waals surface area (Å²) in [6, 6.07) is 6.55. The summed E-state index contributed by atoms with van der Waals surface area (Å²) >= 11 is 0. The Morgan fingerprint density at radius 1 is 1.36 bits per heavy atom. The van der Waals surface area contributed by atoms with E-state index in [0.717, 1.165) is 68.5 Å². The highest BCUT2D eigenvalue weighted by molar-refractivity contribution is 5.56. The van der Waals surface area contributed by atoms with Crippen molar-refractivity contribution < 1.29 is 9.13 Å². The van der Waals surface area contributed by atoms with Gasteiger partial charge in [-0.05, 0) is 18.6 Å². The van der Waals surface area contributed by atoms with Gasteiger partial charge < -0.3 is 9.72 Å². The zero-order chi connectivity index (χ0) is 15.4. The number of hydrogen-bond donors (Lipinski definition) is 1. The molecular weight excluding hydrogens is 281 g/mol. The fourth-order valence-electron chi connectivity index (χ4n) is 2.75. The molecule has 0 unspecified atom stereocenters. The molecule has 0 atom stereocenters. The highest BCUT2D eigenvalue weighted by Gasteiger charge is 2.20. The lowest BCUT2D eigenvalue weighted by Crippen LogP contribution is -2.33. The average molecular weight is 303 g/mol. The van der Waals surface area contributed by atoms with E-state index in [1.54, 1.807) is 6.07 Å². The van der Waals surface area contributed by atoms with Gasteiger partial charge >= 0.3 is 0 Å². The normalized spacial score (nSPS) is 15.0. The second-order valence-electron chi connectivity index (χ2n) is 5.66. The van der Waals surface area contributed by atoms with Crippen molar-refractivity contribution in [3.05, 3.63) is 41.5 Å². The minimum atomic E-state index is -0.235. The van der Waals surface area contributed by atoms with Crippen LogP contribution in [0, 0.1) is 5.82 Å². The Hall–Kier alpha value is -1.72. The molecule has 1 aliphatic rings. The smallest absolute Gasteiger partial charge is 0.137 e. The monoisotopic (exact) mass is 303 g/mol. The molecule has 0 radical (unpaired) electrons. The summed E-state index contributed by atoms with van der Waals surface area (Å²) in [5, 5.41) is 0. The quantitative estimate of drug-likeness (QED) is 0.834. The Bertz CT molecular complexity index is 626. The Morgan fingerprint density at radius 3 is 3.09 bits per heavy atom. The summed E-state index contributed by atoms with van der Waals surface area (Å²) in [6.45, 7) is 6.50. The van der Waals surface area contributed by atoms with E-state index in [9.17, 15) is 4.39 Å². The van der Waals surface area contributed by atoms with Gasteiger partial charge in [0.2, 0.25) is 0 Å². The topological polar surface area (TPSA) is 41.1 Å². The second-order valence-corrected chi connectivity index (χ2v) is 5.66. The van der Waals surface area contributed by atoms with Crippen molar-refractivity contribution in [3.63, 3.8) is 0 Å². The molecule has 3 rings (SSSR count). The van der Waals surface area contributed by atoms with E-state index in [2.05, 4.69) is 21.8 Å². The first-order valence-corrected chi connectivity index (χ1v) is 7.90. The van der Waals surface area contributed by atoms with Gasteiger partial charge in [-0.3, -0.25) is 4.90 Å². The van der Waals surface area contributed by atoms with E-state index < -0.39 is 0 Å². The summed E-state index contributed by atoms with van der Waals surface area (Å²) in [6.07, 6.45) is 1.98. The number of ether oxygens (including phenoxy) is 1. The van der Waals surface area contributed by atoms with Gasteiger partial charge in [0.1, 0.15) is 11.6 Å². The van der Waals surface area contributed by atoms with Crippen LogP contribution in [0.1, 0.15) is 24.7 Å². The number of aromatic amines is 1. The summed E-state index contributed by atoms with van der Waals surface area (Å²) < 4.78 is 18.9. The van der Waals surface area contributed by atoms with Crippen molar-refractivity contribution >= 4 is 0 Å². The van der Waals surface area contributed by atoms with E-state index in [1.165, 1.54) is 12.1 Å². The van der Waals surface area contributed by atoms with Gasteiger partial charge in [-0.1, -0.05) is 19.1 Å². The Kier molecular flexibility index (Phi) is 4.85. The SMILES string of the molecule is CCCOCCN1CCc2nc(-c3cccc(F)c3)[nH]c2C1. The Balaban J connectivity index is 1.65. The number of imidazole rings is 1. The fourth-order valence-corrected chi connectivity index (χ4v) is 2.75. The van der Waals surface area contributed by atoms with Crippen LogP contribution in [-0.2, 0) is 17.7 Å². The minimum absolute atomic E-state index is 0.235. The van der Waals surface area contributed by atoms with Gasteiger partial charge in [-0.15, -0.1) is 0 Å². The van der Waals surface area contributed by atoms with Crippen molar-refractivity contribution in [2.75, 3.05) is 26.3 Å². The fraction of sp³-hybridized carbons (Fsp3) is 0.471. The molecule has 1 N–H and O–H groups in total. The molecule has 0 bridgehead atoms. The summed E-state index contributed by atoms with van der Waals surface area (Å²) in [5.41, 5.74) is 3.04. The van der Waals surface area contributed by atoms with Crippen LogP contribution >= 0.6 is 0 Å². The first-order valence-electron chi connectivity index (χ1n) is 7.90. The molecule has 0 aliphatic carbocycles. The zero-order valence-electron chi connectivity index (χ0n) is 12.9. The summed E-state index contributed by atoms with van der Waals surface area (Å²) in [4.78, 5) is 10.3. The van der Waals surface area contributed by atoms with E-state index in [4.69, 9.17) is 4.74 Å². The van der Waals surface area contributed by atoms with E-state index in [-0.39, 0.29) is 5.82 Å². The van der Waals surface area contributed by atoms with Crippen molar-refractivity contribution in [1.29, 1.82) is 0 Å².